The first-order valence-corrected chi connectivity index (χ1v) is 5.03. The van der Waals surface area contributed by atoms with Crippen molar-refractivity contribution in [1.82, 2.24) is 9.97 Å². The lowest BCUT2D eigenvalue weighted by molar-refractivity contribution is 0.0314. The van der Waals surface area contributed by atoms with Gasteiger partial charge in [-0.2, -0.15) is 4.39 Å². The van der Waals surface area contributed by atoms with Gasteiger partial charge in [0.25, 0.3) is 0 Å². The predicted molar refractivity (Wildman–Crippen MR) is 54.1 cm³/mol. The van der Waals surface area contributed by atoms with Crippen LogP contribution in [0.15, 0.2) is 12.4 Å². The van der Waals surface area contributed by atoms with Crippen molar-refractivity contribution in [2.45, 2.75) is 25.4 Å². The third-order valence-electron chi connectivity index (χ3n) is 2.58. The Bertz CT molecular complexity index is 339. The minimum Gasteiger partial charge on any atom is -0.373 e. The van der Waals surface area contributed by atoms with Gasteiger partial charge in [0.2, 0.25) is 5.95 Å². The lowest BCUT2D eigenvalue weighted by atomic mass is 10.0. The molecule has 1 atom stereocenters. The zero-order valence-electron chi connectivity index (χ0n) is 8.66. The van der Waals surface area contributed by atoms with Crippen LogP contribution in [0.2, 0.25) is 0 Å². The van der Waals surface area contributed by atoms with E-state index in [9.17, 15) is 4.39 Å². The Balaban J connectivity index is 1.92. The number of hydrogen-bond acceptors (Lipinski definition) is 4. The van der Waals surface area contributed by atoms with E-state index in [-0.39, 0.29) is 5.60 Å². The van der Waals surface area contributed by atoms with Gasteiger partial charge in [0.15, 0.2) is 0 Å². The largest absolute Gasteiger partial charge is 0.373 e. The highest BCUT2D eigenvalue weighted by atomic mass is 19.1. The van der Waals surface area contributed by atoms with Crippen LogP contribution < -0.4 is 5.32 Å². The molecule has 5 heteroatoms. The Kier molecular flexibility index (Phi) is 2.81. The van der Waals surface area contributed by atoms with Crippen LogP contribution in [0, 0.1) is 5.95 Å². The van der Waals surface area contributed by atoms with E-state index in [2.05, 4.69) is 15.3 Å². The van der Waals surface area contributed by atoms with Crippen molar-refractivity contribution in [1.29, 1.82) is 0 Å². The molecule has 82 valence electrons. The molecule has 1 saturated heterocycles. The number of aromatic nitrogens is 2. The van der Waals surface area contributed by atoms with Crippen molar-refractivity contribution in [2.75, 3.05) is 18.5 Å². The Hall–Kier alpha value is -1.23. The summed E-state index contributed by atoms with van der Waals surface area (Å²) in [4.78, 5) is 7.30. The van der Waals surface area contributed by atoms with Crippen molar-refractivity contribution in [2.24, 2.45) is 0 Å². The predicted octanol–water partition coefficient (Wildman–Crippen LogP) is 1.60. The summed E-state index contributed by atoms with van der Waals surface area (Å²) in [6, 6.07) is 1.28. The molecule has 1 unspecified atom stereocenters. The number of nitrogens with one attached hydrogen (secondary N) is 1. The van der Waals surface area contributed by atoms with Crippen LogP contribution in [-0.4, -0.2) is 28.7 Å². The first-order chi connectivity index (χ1) is 7.18. The molecule has 1 fully saturated rings. The second-order valence-electron chi connectivity index (χ2n) is 3.98. The smallest absolute Gasteiger partial charge is 0.217 e. The highest BCUT2D eigenvalue weighted by Crippen LogP contribution is 2.24. The van der Waals surface area contributed by atoms with Gasteiger partial charge in [0.05, 0.1) is 5.60 Å². The van der Waals surface area contributed by atoms with Gasteiger partial charge in [0, 0.05) is 19.2 Å². The first kappa shape index (κ1) is 10.3. The molecule has 1 aliphatic heterocycles. The Morgan fingerprint density at radius 2 is 2.47 bits per heavy atom. The van der Waals surface area contributed by atoms with Crippen LogP contribution in [-0.2, 0) is 4.74 Å². The molecule has 4 nitrogen and oxygen atoms in total. The third kappa shape index (κ3) is 2.62. The highest BCUT2D eigenvalue weighted by molar-refractivity contribution is 5.32. The SMILES string of the molecule is CC1(CNc2cc(F)ncn2)CCCO1. The molecule has 1 aromatic rings. The molecule has 0 aromatic carbocycles. The maximum absolute atomic E-state index is 12.7. The van der Waals surface area contributed by atoms with E-state index in [0.29, 0.717) is 12.4 Å². The molecule has 2 rings (SSSR count). The molecule has 0 amide bonds. The fourth-order valence-electron chi connectivity index (χ4n) is 1.68. The molecule has 0 bridgehead atoms. The summed E-state index contributed by atoms with van der Waals surface area (Å²) in [7, 11) is 0. The van der Waals surface area contributed by atoms with Crippen LogP contribution >= 0.6 is 0 Å². The fourth-order valence-corrected chi connectivity index (χ4v) is 1.68. The molecule has 15 heavy (non-hydrogen) atoms. The molecule has 2 heterocycles. The second kappa shape index (κ2) is 4.10. The van der Waals surface area contributed by atoms with E-state index in [1.54, 1.807) is 0 Å². The molecule has 0 radical (unpaired) electrons. The lowest BCUT2D eigenvalue weighted by Crippen LogP contribution is -2.32. The second-order valence-corrected chi connectivity index (χ2v) is 3.98. The summed E-state index contributed by atoms with van der Waals surface area (Å²) >= 11 is 0. The number of rotatable bonds is 3. The lowest BCUT2D eigenvalue weighted by Gasteiger charge is -2.23. The maximum Gasteiger partial charge on any atom is 0.217 e. The summed E-state index contributed by atoms with van der Waals surface area (Å²) in [6.07, 6.45) is 3.30. The Morgan fingerprint density at radius 1 is 1.60 bits per heavy atom. The molecule has 1 aliphatic rings. The van der Waals surface area contributed by atoms with Crippen molar-refractivity contribution < 1.29 is 9.13 Å². The molecule has 0 aliphatic carbocycles. The number of halogens is 1. The maximum atomic E-state index is 12.7. The van der Waals surface area contributed by atoms with Gasteiger partial charge < -0.3 is 10.1 Å². The van der Waals surface area contributed by atoms with Crippen LogP contribution in [0.1, 0.15) is 19.8 Å². The third-order valence-corrected chi connectivity index (χ3v) is 2.58. The van der Waals surface area contributed by atoms with Gasteiger partial charge >= 0.3 is 0 Å². The minimum atomic E-state index is -0.523. The first-order valence-electron chi connectivity index (χ1n) is 5.03. The van der Waals surface area contributed by atoms with Gasteiger partial charge in [0.1, 0.15) is 12.1 Å². The summed E-state index contributed by atoms with van der Waals surface area (Å²) in [5.74, 6) is -0.0239. The molecule has 1 aromatic heterocycles. The molecular formula is C10H14FN3O. The zero-order chi connectivity index (χ0) is 10.7. The number of anilines is 1. The molecular weight excluding hydrogens is 197 g/mol. The summed E-state index contributed by atoms with van der Waals surface area (Å²) in [5, 5.41) is 3.05. The molecule has 1 N–H and O–H groups in total. The topological polar surface area (TPSA) is 47.0 Å². The van der Waals surface area contributed by atoms with E-state index in [0.717, 1.165) is 19.4 Å². The molecule has 0 saturated carbocycles. The summed E-state index contributed by atoms with van der Waals surface area (Å²) in [6.45, 7) is 3.49. The Morgan fingerprint density at radius 3 is 3.13 bits per heavy atom. The van der Waals surface area contributed by atoms with Crippen molar-refractivity contribution in [3.05, 3.63) is 18.3 Å². The number of nitrogens with zero attached hydrogens (tertiary/aromatic N) is 2. The van der Waals surface area contributed by atoms with Crippen molar-refractivity contribution in [3.8, 4) is 0 Å². The van der Waals surface area contributed by atoms with Gasteiger partial charge in [-0.05, 0) is 19.8 Å². The highest BCUT2D eigenvalue weighted by Gasteiger charge is 2.29. The van der Waals surface area contributed by atoms with E-state index >= 15 is 0 Å². The molecule has 0 spiro atoms. The average Bonchev–Trinajstić information content (AvgIpc) is 2.63. The van der Waals surface area contributed by atoms with Gasteiger partial charge in [-0.15, -0.1) is 0 Å². The monoisotopic (exact) mass is 211 g/mol. The van der Waals surface area contributed by atoms with Gasteiger partial charge in [-0.1, -0.05) is 0 Å². The van der Waals surface area contributed by atoms with Gasteiger partial charge in [-0.3, -0.25) is 0 Å². The quantitative estimate of drug-likeness (QED) is 0.771. The van der Waals surface area contributed by atoms with Gasteiger partial charge in [-0.25, -0.2) is 9.97 Å². The summed E-state index contributed by atoms with van der Waals surface area (Å²) < 4.78 is 18.3. The number of hydrogen-bond donors (Lipinski definition) is 1. The van der Waals surface area contributed by atoms with Crippen LogP contribution in [0.4, 0.5) is 10.2 Å². The number of ether oxygens (including phenoxy) is 1. The summed E-state index contributed by atoms with van der Waals surface area (Å²) in [5.41, 5.74) is -0.151. The fraction of sp³-hybridized carbons (Fsp3) is 0.600. The minimum absolute atomic E-state index is 0.151. The Labute approximate surface area is 87.9 Å². The van der Waals surface area contributed by atoms with E-state index in [4.69, 9.17) is 4.74 Å². The van der Waals surface area contributed by atoms with Crippen LogP contribution in [0.5, 0.6) is 0 Å². The van der Waals surface area contributed by atoms with Crippen molar-refractivity contribution in [3.63, 3.8) is 0 Å². The van der Waals surface area contributed by atoms with E-state index in [1.165, 1.54) is 12.4 Å². The van der Waals surface area contributed by atoms with E-state index in [1.807, 2.05) is 6.92 Å². The average molecular weight is 211 g/mol. The van der Waals surface area contributed by atoms with Crippen molar-refractivity contribution >= 4 is 5.82 Å². The van der Waals surface area contributed by atoms with E-state index < -0.39 is 5.95 Å². The van der Waals surface area contributed by atoms with Crippen LogP contribution in [0.25, 0.3) is 0 Å². The van der Waals surface area contributed by atoms with Crippen LogP contribution in [0.3, 0.4) is 0 Å². The normalized spacial score (nSPS) is 25.5. The standard InChI is InChI=1S/C10H14FN3O/c1-10(3-2-4-15-10)6-12-9-5-8(11)13-7-14-9/h5,7H,2-4,6H2,1H3,(H,12,13,14). The zero-order valence-corrected chi connectivity index (χ0v) is 8.66.